The van der Waals surface area contributed by atoms with Crippen LogP contribution in [0.15, 0.2) is 23.1 Å². The number of carbonyl (C=O) groups excluding carboxylic acids is 1. The molecule has 23 heavy (non-hydrogen) atoms. The van der Waals surface area contributed by atoms with Crippen LogP contribution < -0.4 is 14.8 Å². The zero-order valence-electron chi connectivity index (χ0n) is 13.3. The number of nitrogens with one attached hydrogen (secondary N) is 2. The number of hydrogen-bond acceptors (Lipinski definition) is 5. The molecule has 1 heterocycles. The molecule has 2 N–H and O–H groups in total. The minimum absolute atomic E-state index is 0.00131. The third-order valence-electron chi connectivity index (χ3n) is 3.56. The van der Waals surface area contributed by atoms with Gasteiger partial charge in [-0.05, 0) is 37.5 Å². The van der Waals surface area contributed by atoms with E-state index in [0.717, 1.165) is 19.4 Å². The quantitative estimate of drug-likeness (QED) is 0.783. The zero-order chi connectivity index (χ0) is 16.9. The van der Waals surface area contributed by atoms with Gasteiger partial charge < -0.3 is 14.8 Å². The molecule has 1 aliphatic heterocycles. The van der Waals surface area contributed by atoms with Crippen LogP contribution in [-0.2, 0) is 19.6 Å². The van der Waals surface area contributed by atoms with Crippen molar-refractivity contribution in [1.29, 1.82) is 0 Å². The smallest absolute Gasteiger partial charge is 0.244 e. The Balaban J connectivity index is 2.10. The molecule has 1 saturated heterocycles. The standard InChI is InChI=1S/C15H22N2O5S/c1-11(18)17-12-5-6-14(21-2)15(10-12)23(19,20)16-8-7-13-4-3-9-22-13/h5-6,10,13,16H,3-4,7-9H2,1-2H3,(H,17,18)/t13-/m1/s1. The third kappa shape index (κ3) is 4.92. The van der Waals surface area contributed by atoms with E-state index in [2.05, 4.69) is 10.0 Å². The molecule has 1 amide bonds. The van der Waals surface area contributed by atoms with Crippen LogP contribution in [-0.4, -0.2) is 40.7 Å². The maximum absolute atomic E-state index is 12.5. The largest absolute Gasteiger partial charge is 0.495 e. The Morgan fingerprint density at radius 1 is 1.43 bits per heavy atom. The van der Waals surface area contributed by atoms with Gasteiger partial charge in [0.15, 0.2) is 0 Å². The Labute approximate surface area is 136 Å². The molecule has 1 aromatic rings. The summed E-state index contributed by atoms with van der Waals surface area (Å²) in [6.07, 6.45) is 2.73. The maximum Gasteiger partial charge on any atom is 0.244 e. The molecule has 0 bridgehead atoms. The highest BCUT2D eigenvalue weighted by Crippen LogP contribution is 2.27. The predicted octanol–water partition coefficient (Wildman–Crippen LogP) is 1.50. The molecule has 1 atom stereocenters. The fourth-order valence-corrected chi connectivity index (χ4v) is 3.71. The van der Waals surface area contributed by atoms with Crippen LogP contribution in [0, 0.1) is 0 Å². The number of sulfonamides is 1. The van der Waals surface area contributed by atoms with Crippen molar-refractivity contribution < 1.29 is 22.7 Å². The van der Waals surface area contributed by atoms with Crippen molar-refractivity contribution in [2.75, 3.05) is 25.6 Å². The van der Waals surface area contributed by atoms with Gasteiger partial charge in [-0.1, -0.05) is 0 Å². The number of ether oxygens (including phenoxy) is 2. The van der Waals surface area contributed by atoms with Gasteiger partial charge in [0, 0.05) is 25.8 Å². The minimum Gasteiger partial charge on any atom is -0.495 e. The van der Waals surface area contributed by atoms with Crippen molar-refractivity contribution in [1.82, 2.24) is 4.72 Å². The second-order valence-electron chi connectivity index (χ2n) is 5.37. The molecule has 0 saturated carbocycles. The van der Waals surface area contributed by atoms with E-state index < -0.39 is 10.0 Å². The highest BCUT2D eigenvalue weighted by atomic mass is 32.2. The van der Waals surface area contributed by atoms with Gasteiger partial charge >= 0.3 is 0 Å². The van der Waals surface area contributed by atoms with Crippen LogP contribution in [0.25, 0.3) is 0 Å². The normalized spacial score (nSPS) is 17.9. The molecule has 2 rings (SSSR count). The van der Waals surface area contributed by atoms with Gasteiger partial charge in [-0.15, -0.1) is 0 Å². The fraction of sp³-hybridized carbons (Fsp3) is 0.533. The second kappa shape index (κ2) is 7.76. The monoisotopic (exact) mass is 342 g/mol. The maximum atomic E-state index is 12.5. The molecule has 1 aromatic carbocycles. The lowest BCUT2D eigenvalue weighted by Crippen LogP contribution is -2.27. The van der Waals surface area contributed by atoms with Gasteiger partial charge in [0.05, 0.1) is 13.2 Å². The lowest BCUT2D eigenvalue weighted by atomic mass is 10.2. The molecule has 1 fully saturated rings. The van der Waals surface area contributed by atoms with E-state index in [1.54, 1.807) is 6.07 Å². The van der Waals surface area contributed by atoms with Gasteiger partial charge in [0.2, 0.25) is 15.9 Å². The minimum atomic E-state index is -3.73. The number of methoxy groups -OCH3 is 1. The summed E-state index contributed by atoms with van der Waals surface area (Å²) in [6.45, 7) is 2.39. The summed E-state index contributed by atoms with van der Waals surface area (Å²) in [5, 5.41) is 2.56. The lowest BCUT2D eigenvalue weighted by molar-refractivity contribution is -0.114. The van der Waals surface area contributed by atoms with E-state index in [0.29, 0.717) is 18.7 Å². The van der Waals surface area contributed by atoms with E-state index in [1.165, 1.54) is 26.2 Å². The molecular weight excluding hydrogens is 320 g/mol. The molecule has 0 radical (unpaired) electrons. The fourth-order valence-electron chi connectivity index (χ4n) is 2.47. The first-order valence-corrected chi connectivity index (χ1v) is 8.97. The van der Waals surface area contributed by atoms with Crippen molar-refractivity contribution in [3.05, 3.63) is 18.2 Å². The predicted molar refractivity (Wildman–Crippen MR) is 86.1 cm³/mol. The molecule has 0 aliphatic carbocycles. The van der Waals surface area contributed by atoms with Crippen molar-refractivity contribution in [3.63, 3.8) is 0 Å². The average molecular weight is 342 g/mol. The van der Waals surface area contributed by atoms with Crippen LogP contribution in [0.2, 0.25) is 0 Å². The van der Waals surface area contributed by atoms with Gasteiger partial charge in [-0.3, -0.25) is 4.79 Å². The first kappa shape index (κ1) is 17.7. The van der Waals surface area contributed by atoms with Crippen LogP contribution in [0.3, 0.4) is 0 Å². The molecule has 1 aliphatic rings. The Kier molecular flexibility index (Phi) is 5.97. The molecule has 128 valence electrons. The second-order valence-corrected chi connectivity index (χ2v) is 7.10. The summed E-state index contributed by atoms with van der Waals surface area (Å²) in [5.41, 5.74) is 0.401. The number of rotatable bonds is 7. The summed E-state index contributed by atoms with van der Waals surface area (Å²) in [4.78, 5) is 11.1. The van der Waals surface area contributed by atoms with Crippen molar-refractivity contribution in [2.45, 2.75) is 37.2 Å². The summed E-state index contributed by atoms with van der Waals surface area (Å²) >= 11 is 0. The molecule has 7 nitrogen and oxygen atoms in total. The number of amides is 1. The highest BCUT2D eigenvalue weighted by Gasteiger charge is 2.22. The van der Waals surface area contributed by atoms with Crippen molar-refractivity contribution in [2.24, 2.45) is 0 Å². The number of carbonyl (C=O) groups is 1. The first-order valence-electron chi connectivity index (χ1n) is 7.49. The van der Waals surface area contributed by atoms with Gasteiger partial charge in [0.25, 0.3) is 0 Å². The van der Waals surface area contributed by atoms with Crippen molar-refractivity contribution in [3.8, 4) is 5.75 Å². The van der Waals surface area contributed by atoms with Gasteiger partial charge in [-0.2, -0.15) is 0 Å². The number of benzene rings is 1. The summed E-state index contributed by atoms with van der Waals surface area (Å²) in [7, 11) is -2.33. The molecular formula is C15H22N2O5S. The van der Waals surface area contributed by atoms with E-state index in [1.807, 2.05) is 0 Å². The zero-order valence-corrected chi connectivity index (χ0v) is 14.1. The third-order valence-corrected chi connectivity index (χ3v) is 5.04. The van der Waals surface area contributed by atoms with E-state index in [9.17, 15) is 13.2 Å². The molecule has 0 spiro atoms. The van der Waals surface area contributed by atoms with Crippen molar-refractivity contribution >= 4 is 21.6 Å². The SMILES string of the molecule is COc1ccc(NC(C)=O)cc1S(=O)(=O)NCC[C@H]1CCCO1. The Morgan fingerprint density at radius 2 is 2.22 bits per heavy atom. The van der Waals surface area contributed by atoms with Crippen LogP contribution >= 0.6 is 0 Å². The average Bonchev–Trinajstić information content (AvgIpc) is 2.99. The van der Waals surface area contributed by atoms with Gasteiger partial charge in [-0.25, -0.2) is 13.1 Å². The lowest BCUT2D eigenvalue weighted by Gasteiger charge is -2.14. The Morgan fingerprint density at radius 3 is 2.83 bits per heavy atom. The van der Waals surface area contributed by atoms with E-state index >= 15 is 0 Å². The number of hydrogen-bond donors (Lipinski definition) is 2. The topological polar surface area (TPSA) is 93.7 Å². The highest BCUT2D eigenvalue weighted by molar-refractivity contribution is 7.89. The van der Waals surface area contributed by atoms with E-state index in [-0.39, 0.29) is 22.7 Å². The summed E-state index contributed by atoms with van der Waals surface area (Å²) < 4.78 is 38.1. The first-order chi connectivity index (χ1) is 10.9. The van der Waals surface area contributed by atoms with Crippen LogP contribution in [0.5, 0.6) is 5.75 Å². The Bertz CT molecular complexity index is 654. The van der Waals surface area contributed by atoms with Gasteiger partial charge in [0.1, 0.15) is 10.6 Å². The number of anilines is 1. The van der Waals surface area contributed by atoms with E-state index in [4.69, 9.17) is 9.47 Å². The molecule has 0 unspecified atom stereocenters. The summed E-state index contributed by atoms with van der Waals surface area (Å²) in [6, 6.07) is 4.49. The summed E-state index contributed by atoms with van der Waals surface area (Å²) in [5.74, 6) is -0.0476. The van der Waals surface area contributed by atoms with Crippen LogP contribution in [0.4, 0.5) is 5.69 Å². The molecule has 0 aromatic heterocycles. The van der Waals surface area contributed by atoms with Crippen LogP contribution in [0.1, 0.15) is 26.2 Å². The molecule has 8 heteroatoms. The Hall–Kier alpha value is -1.64.